The molecule has 2 heterocycles. The number of aromatic nitrogens is 1. The number of pyridine rings is 1. The summed E-state index contributed by atoms with van der Waals surface area (Å²) in [5.41, 5.74) is 6.70. The summed E-state index contributed by atoms with van der Waals surface area (Å²) in [6.07, 6.45) is 1.81. The Morgan fingerprint density at radius 1 is 1.24 bits per heavy atom. The Labute approximate surface area is 126 Å². The minimum atomic E-state index is 0.225. The Balaban J connectivity index is 1.83. The summed E-state index contributed by atoms with van der Waals surface area (Å²) in [7, 11) is 0. The van der Waals surface area contributed by atoms with E-state index in [0.717, 1.165) is 45.0 Å². The number of anilines is 2. The van der Waals surface area contributed by atoms with Gasteiger partial charge in [0.2, 0.25) is 5.91 Å². The maximum absolute atomic E-state index is 12.1. The molecule has 1 saturated heterocycles. The largest absolute Gasteiger partial charge is 0.384 e. The van der Waals surface area contributed by atoms with Gasteiger partial charge in [0.15, 0.2) is 0 Å². The summed E-state index contributed by atoms with van der Waals surface area (Å²) >= 11 is 0. The first-order valence-electron chi connectivity index (χ1n) is 7.60. The standard InChI is InChI=1S/C15H25N5O/c1-3-19(4-2)15(21)12-18-7-9-20(10-8-18)13-5-6-14(16)17-11-13/h5-6,11H,3-4,7-10,12H2,1-2H3,(H2,16,17). The van der Waals surface area contributed by atoms with Crippen molar-refractivity contribution in [1.29, 1.82) is 0 Å². The fourth-order valence-corrected chi connectivity index (χ4v) is 2.62. The third-order valence-corrected chi connectivity index (χ3v) is 3.98. The molecule has 6 heteroatoms. The van der Waals surface area contributed by atoms with Gasteiger partial charge < -0.3 is 15.5 Å². The van der Waals surface area contributed by atoms with Gasteiger partial charge in [0.05, 0.1) is 18.4 Å². The molecule has 21 heavy (non-hydrogen) atoms. The first-order valence-corrected chi connectivity index (χ1v) is 7.60. The van der Waals surface area contributed by atoms with Crippen molar-refractivity contribution in [3.8, 4) is 0 Å². The van der Waals surface area contributed by atoms with Crippen molar-refractivity contribution >= 4 is 17.4 Å². The summed E-state index contributed by atoms with van der Waals surface area (Å²) in [5, 5.41) is 0. The first kappa shape index (κ1) is 15.6. The molecule has 0 spiro atoms. The van der Waals surface area contributed by atoms with Crippen LogP contribution in [0.4, 0.5) is 11.5 Å². The van der Waals surface area contributed by atoms with Crippen molar-refractivity contribution in [1.82, 2.24) is 14.8 Å². The third-order valence-electron chi connectivity index (χ3n) is 3.98. The molecule has 0 atom stereocenters. The number of carbonyl (C=O) groups is 1. The van der Waals surface area contributed by atoms with Crippen molar-refractivity contribution in [3.05, 3.63) is 18.3 Å². The van der Waals surface area contributed by atoms with Gasteiger partial charge in [-0.05, 0) is 26.0 Å². The number of carbonyl (C=O) groups excluding carboxylic acids is 1. The lowest BCUT2D eigenvalue weighted by molar-refractivity contribution is -0.132. The highest BCUT2D eigenvalue weighted by atomic mass is 16.2. The normalized spacial score (nSPS) is 16.0. The molecule has 1 aromatic heterocycles. The van der Waals surface area contributed by atoms with Crippen LogP contribution in [0.3, 0.4) is 0 Å². The molecule has 0 unspecified atom stereocenters. The Morgan fingerprint density at radius 2 is 1.90 bits per heavy atom. The second-order valence-electron chi connectivity index (χ2n) is 5.27. The van der Waals surface area contributed by atoms with Crippen LogP contribution in [0, 0.1) is 0 Å². The van der Waals surface area contributed by atoms with E-state index in [1.807, 2.05) is 37.1 Å². The van der Waals surface area contributed by atoms with E-state index in [1.165, 1.54) is 0 Å². The van der Waals surface area contributed by atoms with Gasteiger partial charge in [-0.3, -0.25) is 9.69 Å². The predicted molar refractivity (Wildman–Crippen MR) is 85.2 cm³/mol. The number of amides is 1. The van der Waals surface area contributed by atoms with Crippen molar-refractivity contribution < 1.29 is 4.79 Å². The van der Waals surface area contributed by atoms with E-state index < -0.39 is 0 Å². The molecule has 1 aliphatic rings. The van der Waals surface area contributed by atoms with Gasteiger partial charge in [-0.1, -0.05) is 0 Å². The highest BCUT2D eigenvalue weighted by Crippen LogP contribution is 2.16. The Morgan fingerprint density at radius 3 is 2.43 bits per heavy atom. The number of nitrogens with zero attached hydrogens (tertiary/aromatic N) is 4. The molecule has 2 rings (SSSR count). The van der Waals surface area contributed by atoms with Gasteiger partial charge in [-0.2, -0.15) is 0 Å². The molecule has 1 amide bonds. The van der Waals surface area contributed by atoms with Crippen LogP contribution in [0.1, 0.15) is 13.8 Å². The summed E-state index contributed by atoms with van der Waals surface area (Å²) < 4.78 is 0. The zero-order chi connectivity index (χ0) is 15.2. The van der Waals surface area contributed by atoms with E-state index >= 15 is 0 Å². The molecule has 6 nitrogen and oxygen atoms in total. The van der Waals surface area contributed by atoms with Gasteiger partial charge in [0.1, 0.15) is 5.82 Å². The minimum absolute atomic E-state index is 0.225. The van der Waals surface area contributed by atoms with Crippen LogP contribution in [0.15, 0.2) is 18.3 Å². The van der Waals surface area contributed by atoms with Crippen molar-refractivity contribution in [2.75, 3.05) is 56.4 Å². The van der Waals surface area contributed by atoms with Gasteiger partial charge in [0.25, 0.3) is 0 Å². The number of likely N-dealkylation sites (N-methyl/N-ethyl adjacent to an activating group) is 1. The van der Waals surface area contributed by atoms with Crippen molar-refractivity contribution in [2.24, 2.45) is 0 Å². The molecule has 0 aliphatic carbocycles. The molecule has 2 N–H and O–H groups in total. The highest BCUT2D eigenvalue weighted by molar-refractivity contribution is 5.78. The average Bonchev–Trinajstić information content (AvgIpc) is 2.50. The van der Waals surface area contributed by atoms with Crippen LogP contribution in [-0.4, -0.2) is 66.5 Å². The van der Waals surface area contributed by atoms with Crippen LogP contribution in [0.25, 0.3) is 0 Å². The molecule has 0 radical (unpaired) electrons. The van der Waals surface area contributed by atoms with Crippen LogP contribution in [0.2, 0.25) is 0 Å². The summed E-state index contributed by atoms with van der Waals surface area (Å²) in [6, 6.07) is 3.82. The predicted octanol–water partition coefficient (Wildman–Crippen LogP) is 0.654. The topological polar surface area (TPSA) is 65.7 Å². The maximum atomic E-state index is 12.1. The van der Waals surface area contributed by atoms with E-state index in [4.69, 9.17) is 5.73 Å². The first-order chi connectivity index (χ1) is 10.1. The molecule has 1 aliphatic heterocycles. The lowest BCUT2D eigenvalue weighted by Crippen LogP contribution is -2.50. The van der Waals surface area contributed by atoms with E-state index in [2.05, 4.69) is 14.8 Å². The molecule has 0 aromatic carbocycles. The minimum Gasteiger partial charge on any atom is -0.384 e. The molecular formula is C15H25N5O. The van der Waals surface area contributed by atoms with E-state index in [1.54, 1.807) is 0 Å². The zero-order valence-corrected chi connectivity index (χ0v) is 13.0. The number of piperazine rings is 1. The van der Waals surface area contributed by atoms with Crippen LogP contribution < -0.4 is 10.6 Å². The monoisotopic (exact) mass is 291 g/mol. The van der Waals surface area contributed by atoms with Crippen LogP contribution in [-0.2, 0) is 4.79 Å². The lowest BCUT2D eigenvalue weighted by Gasteiger charge is -2.36. The van der Waals surface area contributed by atoms with E-state index in [9.17, 15) is 4.79 Å². The molecule has 0 bridgehead atoms. The summed E-state index contributed by atoms with van der Waals surface area (Å²) in [4.78, 5) is 22.6. The Bertz CT molecular complexity index is 450. The smallest absolute Gasteiger partial charge is 0.236 e. The number of nitrogens with two attached hydrogens (primary N) is 1. The number of nitrogen functional groups attached to an aromatic ring is 1. The Hall–Kier alpha value is -1.82. The fourth-order valence-electron chi connectivity index (χ4n) is 2.62. The number of rotatable bonds is 5. The zero-order valence-electron chi connectivity index (χ0n) is 13.0. The van der Waals surface area contributed by atoms with Gasteiger partial charge in [-0.25, -0.2) is 4.98 Å². The lowest BCUT2D eigenvalue weighted by atomic mass is 10.2. The number of hydrogen-bond acceptors (Lipinski definition) is 5. The number of hydrogen-bond donors (Lipinski definition) is 1. The second kappa shape index (κ2) is 7.26. The van der Waals surface area contributed by atoms with Crippen LogP contribution in [0.5, 0.6) is 0 Å². The quantitative estimate of drug-likeness (QED) is 0.863. The highest BCUT2D eigenvalue weighted by Gasteiger charge is 2.20. The summed E-state index contributed by atoms with van der Waals surface area (Å²) in [5.74, 6) is 0.768. The second-order valence-corrected chi connectivity index (χ2v) is 5.27. The van der Waals surface area contributed by atoms with Gasteiger partial charge in [0, 0.05) is 39.3 Å². The fraction of sp³-hybridized carbons (Fsp3) is 0.600. The molecule has 1 aromatic rings. The van der Waals surface area contributed by atoms with E-state index in [-0.39, 0.29) is 5.91 Å². The van der Waals surface area contributed by atoms with Crippen molar-refractivity contribution in [2.45, 2.75) is 13.8 Å². The maximum Gasteiger partial charge on any atom is 0.236 e. The molecular weight excluding hydrogens is 266 g/mol. The molecule has 0 saturated carbocycles. The van der Waals surface area contributed by atoms with Gasteiger partial charge in [-0.15, -0.1) is 0 Å². The third kappa shape index (κ3) is 4.07. The van der Waals surface area contributed by atoms with E-state index in [0.29, 0.717) is 12.4 Å². The Kier molecular flexibility index (Phi) is 5.38. The SMILES string of the molecule is CCN(CC)C(=O)CN1CCN(c2ccc(N)nc2)CC1. The molecule has 1 fully saturated rings. The van der Waals surface area contributed by atoms with Crippen LogP contribution >= 0.6 is 0 Å². The molecule has 116 valence electrons. The summed E-state index contributed by atoms with van der Waals surface area (Å²) in [6.45, 7) is 9.76. The van der Waals surface area contributed by atoms with Gasteiger partial charge >= 0.3 is 0 Å². The average molecular weight is 291 g/mol. The van der Waals surface area contributed by atoms with Crippen molar-refractivity contribution in [3.63, 3.8) is 0 Å².